The zero-order valence-corrected chi connectivity index (χ0v) is 13.9. The Hall–Kier alpha value is -2.68. The Morgan fingerprint density at radius 3 is 2.60 bits per heavy atom. The van der Waals surface area contributed by atoms with Gasteiger partial charge in [-0.2, -0.15) is 5.26 Å². The second-order valence-electron chi connectivity index (χ2n) is 6.36. The van der Waals surface area contributed by atoms with Gasteiger partial charge in [-0.05, 0) is 36.2 Å². The van der Waals surface area contributed by atoms with Gasteiger partial charge in [0.15, 0.2) is 0 Å². The van der Waals surface area contributed by atoms with E-state index in [0.29, 0.717) is 30.6 Å². The minimum atomic E-state index is -0.361. The minimum absolute atomic E-state index is 0.109. The summed E-state index contributed by atoms with van der Waals surface area (Å²) in [5.74, 6) is -0.162. The Bertz CT molecular complexity index is 753. The van der Waals surface area contributed by atoms with E-state index < -0.39 is 0 Å². The number of nitriles is 1. The number of carbonyl (C=O) groups excluding carboxylic acids is 1. The van der Waals surface area contributed by atoms with E-state index in [1.54, 1.807) is 24.3 Å². The average Bonchev–Trinajstić information content (AvgIpc) is 3.00. The molecule has 1 aliphatic rings. The Morgan fingerprint density at radius 2 is 1.92 bits per heavy atom. The fourth-order valence-electron chi connectivity index (χ4n) is 3.19. The van der Waals surface area contributed by atoms with Crippen molar-refractivity contribution in [3.63, 3.8) is 0 Å². The van der Waals surface area contributed by atoms with Crippen LogP contribution in [0.2, 0.25) is 0 Å². The minimum Gasteiger partial charge on any atom is -0.392 e. The monoisotopic (exact) mass is 335 g/mol. The zero-order chi connectivity index (χ0) is 17.6. The molecule has 128 valence electrons. The summed E-state index contributed by atoms with van der Waals surface area (Å²) in [4.78, 5) is 14.5. The van der Waals surface area contributed by atoms with Gasteiger partial charge in [-0.3, -0.25) is 9.69 Å². The molecule has 0 spiro atoms. The molecular weight excluding hydrogens is 314 g/mol. The number of rotatable bonds is 5. The first-order chi connectivity index (χ1) is 12.2. The Morgan fingerprint density at radius 1 is 1.20 bits per heavy atom. The summed E-state index contributed by atoms with van der Waals surface area (Å²) in [5.41, 5.74) is 2.26. The molecule has 2 aromatic rings. The summed E-state index contributed by atoms with van der Waals surface area (Å²) < 4.78 is 0. The number of amides is 1. The number of benzene rings is 2. The van der Waals surface area contributed by atoms with Gasteiger partial charge < -0.3 is 10.4 Å². The first-order valence-corrected chi connectivity index (χ1v) is 8.40. The van der Waals surface area contributed by atoms with Crippen LogP contribution in [-0.2, 0) is 6.54 Å². The molecule has 1 fully saturated rings. The van der Waals surface area contributed by atoms with Crippen molar-refractivity contribution in [3.05, 3.63) is 71.3 Å². The molecule has 0 aliphatic carbocycles. The highest BCUT2D eigenvalue weighted by Crippen LogP contribution is 2.20. The van der Waals surface area contributed by atoms with Crippen LogP contribution in [-0.4, -0.2) is 41.1 Å². The molecule has 0 radical (unpaired) electrons. The maximum atomic E-state index is 12.3. The number of nitrogens with one attached hydrogen (secondary N) is 1. The Balaban J connectivity index is 1.58. The third-order valence-corrected chi connectivity index (χ3v) is 4.51. The normalized spacial score (nSPS) is 20.2. The predicted octanol–water partition coefficient (Wildman–Crippen LogP) is 1.92. The van der Waals surface area contributed by atoms with Gasteiger partial charge in [0, 0.05) is 31.2 Å². The number of hydrogen-bond acceptors (Lipinski definition) is 4. The number of likely N-dealkylation sites (tertiary alicyclic amines) is 1. The van der Waals surface area contributed by atoms with Crippen molar-refractivity contribution in [2.45, 2.75) is 25.1 Å². The third kappa shape index (κ3) is 4.44. The lowest BCUT2D eigenvalue weighted by Crippen LogP contribution is -2.39. The van der Waals surface area contributed by atoms with E-state index in [1.165, 1.54) is 5.56 Å². The number of aliphatic hydroxyl groups is 1. The van der Waals surface area contributed by atoms with Gasteiger partial charge in [0.05, 0.1) is 17.7 Å². The molecular formula is C20H21N3O2. The lowest BCUT2D eigenvalue weighted by Gasteiger charge is -2.24. The first-order valence-electron chi connectivity index (χ1n) is 8.40. The third-order valence-electron chi connectivity index (χ3n) is 4.51. The molecule has 2 aromatic carbocycles. The predicted molar refractivity (Wildman–Crippen MR) is 94.8 cm³/mol. The Labute approximate surface area is 147 Å². The number of aliphatic hydroxyl groups excluding tert-OH is 1. The second-order valence-corrected chi connectivity index (χ2v) is 6.36. The fraction of sp³-hybridized carbons (Fsp3) is 0.300. The molecule has 0 bridgehead atoms. The summed E-state index contributed by atoms with van der Waals surface area (Å²) in [7, 11) is 0. The molecule has 0 unspecified atom stereocenters. The molecule has 1 aliphatic heterocycles. The molecule has 1 saturated heterocycles. The van der Waals surface area contributed by atoms with Gasteiger partial charge in [-0.1, -0.05) is 30.3 Å². The molecule has 0 aromatic heterocycles. The van der Waals surface area contributed by atoms with Crippen LogP contribution in [0.5, 0.6) is 0 Å². The molecule has 3 rings (SSSR count). The van der Waals surface area contributed by atoms with Crippen LogP contribution in [0.15, 0.2) is 54.6 Å². The van der Waals surface area contributed by atoms with Gasteiger partial charge in [0.1, 0.15) is 0 Å². The topological polar surface area (TPSA) is 76.4 Å². The smallest absolute Gasteiger partial charge is 0.251 e. The van der Waals surface area contributed by atoms with Crippen molar-refractivity contribution in [1.82, 2.24) is 10.2 Å². The van der Waals surface area contributed by atoms with Crippen LogP contribution in [0.1, 0.15) is 27.9 Å². The van der Waals surface area contributed by atoms with E-state index in [9.17, 15) is 9.90 Å². The fourth-order valence-corrected chi connectivity index (χ4v) is 3.19. The van der Waals surface area contributed by atoms with Crippen LogP contribution in [0, 0.1) is 11.3 Å². The number of hydrogen-bond donors (Lipinski definition) is 2. The lowest BCUT2D eigenvalue weighted by molar-refractivity contribution is 0.0940. The van der Waals surface area contributed by atoms with E-state index in [0.717, 1.165) is 6.54 Å². The molecule has 2 atom stereocenters. The highest BCUT2D eigenvalue weighted by Gasteiger charge is 2.30. The molecule has 25 heavy (non-hydrogen) atoms. The highest BCUT2D eigenvalue weighted by molar-refractivity contribution is 5.94. The van der Waals surface area contributed by atoms with Crippen LogP contribution in [0.25, 0.3) is 0 Å². The summed E-state index contributed by atoms with van der Waals surface area (Å²) in [6.45, 7) is 1.87. The summed E-state index contributed by atoms with van der Waals surface area (Å²) in [5, 5.41) is 21.8. The van der Waals surface area contributed by atoms with Crippen molar-refractivity contribution in [1.29, 1.82) is 5.26 Å². The molecule has 2 N–H and O–H groups in total. The van der Waals surface area contributed by atoms with Crippen molar-refractivity contribution in [2.24, 2.45) is 0 Å². The standard InChI is InChI=1S/C20H21N3O2/c21-11-15-6-8-17(9-7-15)20(25)22-12-18-10-19(24)14-23(18)13-16-4-2-1-3-5-16/h1-9,18-19,24H,10,12-14H2,(H,22,25)/t18-,19-/m1/s1. The van der Waals surface area contributed by atoms with Crippen molar-refractivity contribution >= 4 is 5.91 Å². The summed E-state index contributed by atoms with van der Waals surface area (Å²) >= 11 is 0. The molecule has 5 heteroatoms. The summed E-state index contributed by atoms with van der Waals surface area (Å²) in [6, 6.07) is 18.8. The van der Waals surface area contributed by atoms with Crippen LogP contribution >= 0.6 is 0 Å². The molecule has 1 amide bonds. The maximum absolute atomic E-state index is 12.3. The number of β-amino-alcohol motifs (C(OH)–C–C–N with tert-alkyl or cyclic N) is 1. The van der Waals surface area contributed by atoms with Gasteiger partial charge in [0.25, 0.3) is 5.91 Å². The molecule has 5 nitrogen and oxygen atoms in total. The van der Waals surface area contributed by atoms with Crippen molar-refractivity contribution < 1.29 is 9.90 Å². The zero-order valence-electron chi connectivity index (χ0n) is 13.9. The summed E-state index contributed by atoms with van der Waals surface area (Å²) in [6.07, 6.45) is 0.293. The lowest BCUT2D eigenvalue weighted by atomic mass is 10.1. The van der Waals surface area contributed by atoms with Crippen LogP contribution < -0.4 is 5.32 Å². The molecule has 1 heterocycles. The first kappa shape index (κ1) is 17.2. The van der Waals surface area contributed by atoms with E-state index in [4.69, 9.17) is 5.26 Å². The van der Waals surface area contributed by atoms with E-state index >= 15 is 0 Å². The second kappa shape index (κ2) is 7.93. The van der Waals surface area contributed by atoms with E-state index in [-0.39, 0.29) is 18.1 Å². The average molecular weight is 335 g/mol. The Kier molecular flexibility index (Phi) is 5.44. The van der Waals surface area contributed by atoms with Gasteiger partial charge in [-0.25, -0.2) is 0 Å². The van der Waals surface area contributed by atoms with E-state index in [2.05, 4.69) is 22.3 Å². The largest absolute Gasteiger partial charge is 0.392 e. The van der Waals surface area contributed by atoms with Crippen molar-refractivity contribution in [2.75, 3.05) is 13.1 Å². The number of carbonyl (C=O) groups is 1. The van der Waals surface area contributed by atoms with E-state index in [1.807, 2.05) is 24.3 Å². The molecule has 0 saturated carbocycles. The van der Waals surface area contributed by atoms with Crippen LogP contribution in [0.4, 0.5) is 0 Å². The van der Waals surface area contributed by atoms with Crippen LogP contribution in [0.3, 0.4) is 0 Å². The maximum Gasteiger partial charge on any atom is 0.251 e. The quantitative estimate of drug-likeness (QED) is 0.875. The van der Waals surface area contributed by atoms with Gasteiger partial charge in [0.2, 0.25) is 0 Å². The van der Waals surface area contributed by atoms with Crippen molar-refractivity contribution in [3.8, 4) is 6.07 Å². The van der Waals surface area contributed by atoms with Gasteiger partial charge in [-0.15, -0.1) is 0 Å². The number of nitrogens with zero attached hydrogens (tertiary/aromatic N) is 2. The van der Waals surface area contributed by atoms with Gasteiger partial charge >= 0.3 is 0 Å². The SMILES string of the molecule is N#Cc1ccc(C(=O)NC[C@H]2C[C@@H](O)CN2Cc2ccccc2)cc1. The highest BCUT2D eigenvalue weighted by atomic mass is 16.3.